The molecule has 0 aromatic heterocycles. The summed E-state index contributed by atoms with van der Waals surface area (Å²) in [5.74, 6) is 0. The van der Waals surface area contributed by atoms with Gasteiger partial charge in [-0.2, -0.15) is 0 Å². The summed E-state index contributed by atoms with van der Waals surface area (Å²) in [4.78, 5) is 22.0. The summed E-state index contributed by atoms with van der Waals surface area (Å²) >= 11 is 3.42. The molecule has 0 bridgehead atoms. The molecule has 0 radical (unpaired) electrons. The van der Waals surface area contributed by atoms with Gasteiger partial charge in [0.25, 0.3) is 0 Å². The Bertz CT molecular complexity index is 345. The summed E-state index contributed by atoms with van der Waals surface area (Å²) in [5.41, 5.74) is 0. The van der Waals surface area contributed by atoms with Gasteiger partial charge in [0.05, 0.1) is 14.2 Å². The van der Waals surface area contributed by atoms with Crippen LogP contribution < -0.4 is 0 Å². The molecule has 1 atom stereocenters. The lowest BCUT2D eigenvalue weighted by Crippen LogP contribution is -2.16. The third-order valence-corrected chi connectivity index (χ3v) is 3.66. The Labute approximate surface area is 146 Å². The van der Waals surface area contributed by atoms with Crippen molar-refractivity contribution in [1.82, 2.24) is 0 Å². The van der Waals surface area contributed by atoms with E-state index in [2.05, 4.69) is 25.4 Å². The van der Waals surface area contributed by atoms with Crippen LogP contribution in [0.2, 0.25) is 0 Å². The van der Waals surface area contributed by atoms with E-state index < -0.39 is 12.3 Å². The SMILES string of the molecule is COC(=O)OC/C=C/C(CCCCCCCCBr)OC(=O)OC. The van der Waals surface area contributed by atoms with Gasteiger partial charge in [-0.3, -0.25) is 0 Å². The van der Waals surface area contributed by atoms with Crippen molar-refractivity contribution < 1.29 is 28.5 Å². The van der Waals surface area contributed by atoms with E-state index in [4.69, 9.17) is 9.47 Å². The fourth-order valence-corrected chi connectivity index (χ4v) is 2.29. The van der Waals surface area contributed by atoms with Gasteiger partial charge >= 0.3 is 12.3 Å². The summed E-state index contributed by atoms with van der Waals surface area (Å²) in [5, 5.41) is 1.06. The predicted molar refractivity (Wildman–Crippen MR) is 90.9 cm³/mol. The number of ether oxygens (including phenoxy) is 4. The van der Waals surface area contributed by atoms with E-state index in [1.807, 2.05) is 0 Å². The maximum absolute atomic E-state index is 11.2. The van der Waals surface area contributed by atoms with Crippen LogP contribution in [0.25, 0.3) is 0 Å². The molecule has 0 aliphatic heterocycles. The Morgan fingerprint density at radius 3 is 2.17 bits per heavy atom. The zero-order chi connectivity index (χ0) is 17.3. The first-order chi connectivity index (χ1) is 11.1. The molecule has 7 heteroatoms. The quantitative estimate of drug-likeness (QED) is 0.208. The van der Waals surface area contributed by atoms with E-state index in [1.165, 1.54) is 39.9 Å². The van der Waals surface area contributed by atoms with Crippen molar-refractivity contribution in [3.8, 4) is 0 Å². The molecule has 1 unspecified atom stereocenters. The van der Waals surface area contributed by atoms with Crippen LogP contribution >= 0.6 is 15.9 Å². The van der Waals surface area contributed by atoms with Gasteiger partial charge in [0, 0.05) is 5.33 Å². The minimum atomic E-state index is -0.747. The molecule has 23 heavy (non-hydrogen) atoms. The summed E-state index contributed by atoms with van der Waals surface area (Å²) in [6, 6.07) is 0. The number of rotatable bonds is 12. The molecule has 0 aromatic carbocycles. The van der Waals surface area contributed by atoms with Crippen molar-refractivity contribution in [3.63, 3.8) is 0 Å². The number of carbonyl (C=O) groups excluding carboxylic acids is 2. The molecular formula is C16H27BrO6. The van der Waals surface area contributed by atoms with Gasteiger partial charge in [-0.15, -0.1) is 0 Å². The fraction of sp³-hybridized carbons (Fsp3) is 0.750. The first-order valence-electron chi connectivity index (χ1n) is 7.82. The number of hydrogen-bond acceptors (Lipinski definition) is 6. The van der Waals surface area contributed by atoms with Crippen molar-refractivity contribution in [2.75, 3.05) is 26.2 Å². The van der Waals surface area contributed by atoms with Crippen LogP contribution in [0.3, 0.4) is 0 Å². The van der Waals surface area contributed by atoms with Gasteiger partial charge in [-0.25, -0.2) is 9.59 Å². The molecule has 0 aliphatic carbocycles. The lowest BCUT2D eigenvalue weighted by Gasteiger charge is -2.13. The normalized spacial score (nSPS) is 12.0. The second kappa shape index (κ2) is 15.6. The van der Waals surface area contributed by atoms with Gasteiger partial charge < -0.3 is 18.9 Å². The topological polar surface area (TPSA) is 71.1 Å². The third kappa shape index (κ3) is 14.1. The zero-order valence-corrected chi connectivity index (χ0v) is 15.5. The molecule has 0 heterocycles. The van der Waals surface area contributed by atoms with Crippen molar-refractivity contribution in [1.29, 1.82) is 0 Å². The molecule has 134 valence electrons. The minimum Gasteiger partial charge on any atom is -0.438 e. The second-order valence-electron chi connectivity index (χ2n) is 4.90. The summed E-state index contributed by atoms with van der Waals surface area (Å²) in [6.45, 7) is 0.0697. The second-order valence-corrected chi connectivity index (χ2v) is 5.70. The molecule has 0 spiro atoms. The lowest BCUT2D eigenvalue weighted by molar-refractivity contribution is 0.0485. The highest BCUT2D eigenvalue weighted by Crippen LogP contribution is 2.12. The molecule has 6 nitrogen and oxygen atoms in total. The van der Waals surface area contributed by atoms with E-state index in [9.17, 15) is 9.59 Å². The van der Waals surface area contributed by atoms with E-state index in [0.29, 0.717) is 6.42 Å². The smallest absolute Gasteiger partial charge is 0.438 e. The molecule has 0 N–H and O–H groups in total. The highest BCUT2D eigenvalue weighted by atomic mass is 79.9. The number of carbonyl (C=O) groups is 2. The molecule has 0 aromatic rings. The molecule has 0 amide bonds. The van der Waals surface area contributed by atoms with Crippen LogP contribution in [0.15, 0.2) is 12.2 Å². The number of unbranched alkanes of at least 4 members (excludes halogenated alkanes) is 5. The molecule has 0 aliphatic rings. The fourth-order valence-electron chi connectivity index (χ4n) is 1.90. The maximum atomic E-state index is 11.2. The minimum absolute atomic E-state index is 0.0697. The standard InChI is InChI=1S/C16H27BrO6/c1-20-15(18)22-13-9-11-14(23-16(19)21-2)10-7-5-3-4-6-8-12-17/h9,11,14H,3-8,10,12-13H2,1-2H3/b11-9+. The highest BCUT2D eigenvalue weighted by molar-refractivity contribution is 9.09. The van der Waals surface area contributed by atoms with Crippen molar-refractivity contribution >= 4 is 28.2 Å². The van der Waals surface area contributed by atoms with Crippen LogP contribution in [0, 0.1) is 0 Å². The van der Waals surface area contributed by atoms with Crippen molar-refractivity contribution in [2.45, 2.75) is 51.0 Å². The van der Waals surface area contributed by atoms with Gasteiger partial charge in [0.1, 0.15) is 12.7 Å². The lowest BCUT2D eigenvalue weighted by atomic mass is 10.1. The third-order valence-electron chi connectivity index (χ3n) is 3.10. The van der Waals surface area contributed by atoms with Crippen molar-refractivity contribution in [2.24, 2.45) is 0 Å². The van der Waals surface area contributed by atoms with E-state index in [1.54, 1.807) is 12.2 Å². The average molecular weight is 395 g/mol. The van der Waals surface area contributed by atoms with Gasteiger partial charge in [0.15, 0.2) is 0 Å². The Balaban J connectivity index is 4.02. The van der Waals surface area contributed by atoms with Crippen LogP contribution in [-0.4, -0.2) is 44.6 Å². The van der Waals surface area contributed by atoms with Crippen molar-refractivity contribution in [3.05, 3.63) is 12.2 Å². The number of halogens is 1. The number of hydrogen-bond donors (Lipinski definition) is 0. The summed E-state index contributed by atoms with van der Waals surface area (Å²) in [6.07, 6.45) is 9.07. The number of methoxy groups -OCH3 is 2. The Morgan fingerprint density at radius 1 is 0.957 bits per heavy atom. The van der Waals surface area contributed by atoms with Crippen LogP contribution in [0.4, 0.5) is 9.59 Å². The summed E-state index contributed by atoms with van der Waals surface area (Å²) in [7, 11) is 2.51. The molecular weight excluding hydrogens is 368 g/mol. The average Bonchev–Trinajstić information content (AvgIpc) is 2.56. The van der Waals surface area contributed by atoms with E-state index >= 15 is 0 Å². The maximum Gasteiger partial charge on any atom is 0.508 e. The molecule has 0 fully saturated rings. The highest BCUT2D eigenvalue weighted by Gasteiger charge is 2.11. The Hall–Kier alpha value is -1.24. The van der Waals surface area contributed by atoms with Crippen LogP contribution in [-0.2, 0) is 18.9 Å². The van der Waals surface area contributed by atoms with Crippen LogP contribution in [0.1, 0.15) is 44.9 Å². The zero-order valence-electron chi connectivity index (χ0n) is 13.9. The monoisotopic (exact) mass is 394 g/mol. The molecule has 0 saturated carbocycles. The van der Waals surface area contributed by atoms with E-state index in [0.717, 1.165) is 18.2 Å². The van der Waals surface area contributed by atoms with E-state index in [-0.39, 0.29) is 12.7 Å². The molecule has 0 rings (SSSR count). The van der Waals surface area contributed by atoms with Gasteiger partial charge in [0.2, 0.25) is 0 Å². The number of alkyl halides is 1. The van der Waals surface area contributed by atoms with Gasteiger partial charge in [-0.1, -0.05) is 41.6 Å². The predicted octanol–water partition coefficient (Wildman–Crippen LogP) is 4.60. The molecule has 0 saturated heterocycles. The Morgan fingerprint density at radius 2 is 1.57 bits per heavy atom. The largest absolute Gasteiger partial charge is 0.508 e. The summed E-state index contributed by atoms with van der Waals surface area (Å²) < 4.78 is 18.7. The van der Waals surface area contributed by atoms with Gasteiger partial charge in [-0.05, 0) is 31.4 Å². The first-order valence-corrected chi connectivity index (χ1v) is 8.94. The Kier molecular flexibility index (Phi) is 14.8. The first kappa shape index (κ1) is 21.8. The van der Waals surface area contributed by atoms with Crippen LogP contribution in [0.5, 0.6) is 0 Å².